The molecule has 0 unspecified atom stereocenters. The van der Waals surface area contributed by atoms with Crippen LogP contribution < -0.4 is 10.1 Å². The van der Waals surface area contributed by atoms with E-state index in [1.54, 1.807) is 0 Å². The van der Waals surface area contributed by atoms with Gasteiger partial charge in [0, 0.05) is 11.3 Å². The highest BCUT2D eigenvalue weighted by atomic mass is 35.5. The number of benzene rings is 1. The van der Waals surface area contributed by atoms with E-state index in [4.69, 9.17) is 28.6 Å². The average Bonchev–Trinajstić information content (AvgIpc) is 2.51. The van der Waals surface area contributed by atoms with Crippen LogP contribution in [0, 0.1) is 5.82 Å². The van der Waals surface area contributed by atoms with Gasteiger partial charge in [0.25, 0.3) is 0 Å². The van der Waals surface area contributed by atoms with Gasteiger partial charge in [-0.1, -0.05) is 35.6 Å². The Hall–Kier alpha value is -0.940. The van der Waals surface area contributed by atoms with E-state index in [0.717, 1.165) is 12.1 Å². The second kappa shape index (κ2) is 10.6. The van der Waals surface area contributed by atoms with Gasteiger partial charge < -0.3 is 10.1 Å². The lowest BCUT2D eigenvalue weighted by molar-refractivity contribution is -0.121. The third kappa shape index (κ3) is 10.2. The van der Waals surface area contributed by atoms with Gasteiger partial charge in [-0.3, -0.25) is 0 Å². The molecule has 0 atom stereocenters. The molecule has 0 aliphatic carbocycles. The first-order chi connectivity index (χ1) is 12.4. The minimum Gasteiger partial charge on any atom is -0.490 e. The lowest BCUT2D eigenvalue weighted by Crippen LogP contribution is -2.33. The monoisotopic (exact) mass is 457 g/mol. The van der Waals surface area contributed by atoms with Gasteiger partial charge in [-0.2, -0.15) is 26.3 Å². The molecule has 1 aromatic carbocycles. The first kappa shape index (κ1) is 24.1. The fraction of sp³-hybridized carbons (Fsp3) is 0.533. The van der Waals surface area contributed by atoms with Gasteiger partial charge in [0.2, 0.25) is 0 Å². The summed E-state index contributed by atoms with van der Waals surface area (Å²) in [5.41, 5.74) is -4.29. The topological polar surface area (TPSA) is 21.3 Å². The van der Waals surface area contributed by atoms with Crippen molar-refractivity contribution < 1.29 is 35.5 Å². The molecule has 0 aliphatic heterocycles. The number of unbranched alkanes of at least 4 members (excludes halogenated alkanes) is 2. The van der Waals surface area contributed by atoms with Crippen molar-refractivity contribution in [1.29, 1.82) is 0 Å². The van der Waals surface area contributed by atoms with Gasteiger partial charge in [-0.25, -0.2) is 4.39 Å². The molecule has 0 fully saturated rings. The first-order valence-electron chi connectivity index (χ1n) is 7.56. The molecule has 0 heterocycles. The van der Waals surface area contributed by atoms with Gasteiger partial charge in [0.05, 0.1) is 11.6 Å². The van der Waals surface area contributed by atoms with E-state index in [-0.39, 0.29) is 45.4 Å². The zero-order valence-corrected chi connectivity index (χ0v) is 16.0. The van der Waals surface area contributed by atoms with E-state index in [2.05, 4.69) is 0 Å². The molecule has 154 valence electrons. The van der Waals surface area contributed by atoms with Crippen molar-refractivity contribution in [1.82, 2.24) is 5.32 Å². The molecule has 1 rings (SSSR count). The fourth-order valence-corrected chi connectivity index (χ4v) is 2.96. The van der Waals surface area contributed by atoms with E-state index in [0.29, 0.717) is 19.3 Å². The van der Waals surface area contributed by atoms with Gasteiger partial charge in [0.15, 0.2) is 11.6 Å². The van der Waals surface area contributed by atoms with Crippen molar-refractivity contribution >= 4 is 40.6 Å². The normalized spacial score (nSPS) is 12.1. The smallest absolute Gasteiger partial charge is 0.441 e. The van der Waals surface area contributed by atoms with Crippen molar-refractivity contribution in [2.45, 2.75) is 30.9 Å². The van der Waals surface area contributed by atoms with E-state index in [1.165, 1.54) is 0 Å². The standard InChI is InChI=1S/C15H15ClF7NOS2/c16-10-7-11(17)12(6-9(10)13(26)24-8-14(18,19)20)25-4-2-1-3-5-27-15(21,22)23/h6-7H,1-5,8H2,(H,24,26). The number of alkyl halides is 6. The van der Waals surface area contributed by atoms with Gasteiger partial charge in [-0.05, 0) is 31.4 Å². The molecule has 0 radical (unpaired) electrons. The van der Waals surface area contributed by atoms with Crippen molar-refractivity contribution in [3.8, 4) is 5.75 Å². The number of thioether (sulfide) groups is 1. The Morgan fingerprint density at radius 1 is 1.11 bits per heavy atom. The number of hydrogen-bond acceptors (Lipinski definition) is 3. The summed E-state index contributed by atoms with van der Waals surface area (Å²) in [4.78, 5) is -0.314. The van der Waals surface area contributed by atoms with E-state index >= 15 is 0 Å². The Balaban J connectivity index is 2.52. The molecular formula is C15H15ClF7NOS2. The quantitative estimate of drug-likeness (QED) is 0.274. The van der Waals surface area contributed by atoms with Crippen LogP contribution in [0.1, 0.15) is 24.8 Å². The second-order valence-corrected chi connectivity index (χ2v) is 7.24. The molecule has 0 saturated carbocycles. The maximum absolute atomic E-state index is 13.8. The predicted octanol–water partition coefficient (Wildman–Crippen LogP) is 6.11. The Labute approximate surface area is 165 Å². The van der Waals surface area contributed by atoms with Crippen LogP contribution in [0.4, 0.5) is 30.7 Å². The van der Waals surface area contributed by atoms with Crippen molar-refractivity contribution in [3.63, 3.8) is 0 Å². The van der Waals surface area contributed by atoms with E-state index < -0.39 is 24.0 Å². The van der Waals surface area contributed by atoms with Crippen molar-refractivity contribution in [2.24, 2.45) is 0 Å². The zero-order valence-electron chi connectivity index (χ0n) is 13.6. The molecule has 27 heavy (non-hydrogen) atoms. The van der Waals surface area contributed by atoms with Crippen LogP contribution >= 0.6 is 35.6 Å². The first-order valence-corrected chi connectivity index (χ1v) is 9.34. The summed E-state index contributed by atoms with van der Waals surface area (Å²) in [7, 11) is 0. The van der Waals surface area contributed by atoms with E-state index in [1.807, 2.05) is 5.32 Å². The van der Waals surface area contributed by atoms with Crippen LogP contribution in [0.2, 0.25) is 5.02 Å². The summed E-state index contributed by atoms with van der Waals surface area (Å²) in [5.74, 6) is -1.16. The average molecular weight is 458 g/mol. The largest absolute Gasteiger partial charge is 0.490 e. The molecule has 2 nitrogen and oxygen atoms in total. The summed E-state index contributed by atoms with van der Waals surface area (Å²) in [6, 6.07) is 1.96. The second-order valence-electron chi connectivity index (χ2n) is 5.26. The van der Waals surface area contributed by atoms with Crippen LogP contribution in [0.3, 0.4) is 0 Å². The lowest BCUT2D eigenvalue weighted by atomic mass is 10.2. The van der Waals surface area contributed by atoms with Crippen LogP contribution in [-0.4, -0.2) is 35.6 Å². The summed E-state index contributed by atoms with van der Waals surface area (Å²) in [6.07, 6.45) is -3.35. The van der Waals surface area contributed by atoms with Gasteiger partial charge in [-0.15, -0.1) is 0 Å². The highest BCUT2D eigenvalue weighted by Crippen LogP contribution is 2.31. The maximum Gasteiger partial charge on any atom is 0.441 e. The van der Waals surface area contributed by atoms with Crippen LogP contribution in [0.5, 0.6) is 5.75 Å². The molecule has 0 spiro atoms. The van der Waals surface area contributed by atoms with Crippen molar-refractivity contribution in [3.05, 3.63) is 28.5 Å². The van der Waals surface area contributed by atoms with Crippen LogP contribution in [-0.2, 0) is 0 Å². The molecule has 1 N–H and O–H groups in total. The van der Waals surface area contributed by atoms with Crippen LogP contribution in [0.15, 0.2) is 12.1 Å². The lowest BCUT2D eigenvalue weighted by Gasteiger charge is -2.14. The Kier molecular flexibility index (Phi) is 9.43. The molecule has 0 aliphatic rings. The third-order valence-corrected chi connectivity index (χ3v) is 4.52. The summed E-state index contributed by atoms with van der Waals surface area (Å²) in [6.45, 7) is -1.34. The highest BCUT2D eigenvalue weighted by Gasteiger charge is 2.28. The SMILES string of the molecule is Fc1cc(Cl)c(C(=S)NCC(F)(F)F)cc1OCCCCCSC(F)(F)F. The van der Waals surface area contributed by atoms with Gasteiger partial charge in [0.1, 0.15) is 11.5 Å². The molecule has 12 heteroatoms. The molecule has 0 bridgehead atoms. The Bertz CT molecular complexity index is 638. The minimum atomic E-state index is -4.49. The Morgan fingerprint density at radius 2 is 1.78 bits per heavy atom. The Morgan fingerprint density at radius 3 is 2.37 bits per heavy atom. The summed E-state index contributed by atoms with van der Waals surface area (Å²) in [5, 5.41) is 1.80. The summed E-state index contributed by atoms with van der Waals surface area (Å²) >= 11 is 10.5. The minimum absolute atomic E-state index is 0.0195. The maximum atomic E-state index is 13.8. The number of hydrogen-bond donors (Lipinski definition) is 1. The number of rotatable bonds is 9. The number of ether oxygens (including phenoxy) is 1. The third-order valence-electron chi connectivity index (χ3n) is 3.03. The zero-order chi connectivity index (χ0) is 20.7. The molecule has 1 aromatic rings. The predicted molar refractivity (Wildman–Crippen MR) is 95.0 cm³/mol. The number of halogens is 8. The highest BCUT2D eigenvalue weighted by molar-refractivity contribution is 8.00. The van der Waals surface area contributed by atoms with Crippen molar-refractivity contribution in [2.75, 3.05) is 18.9 Å². The molecule has 0 aromatic heterocycles. The molecule has 0 amide bonds. The summed E-state index contributed by atoms with van der Waals surface area (Å²) < 4.78 is 91.6. The molecule has 0 saturated heterocycles. The van der Waals surface area contributed by atoms with Crippen LogP contribution in [0.25, 0.3) is 0 Å². The number of thiocarbonyl (C=S) groups is 1. The fourth-order valence-electron chi connectivity index (χ4n) is 1.84. The van der Waals surface area contributed by atoms with Gasteiger partial charge >= 0.3 is 11.7 Å². The molecular weight excluding hydrogens is 443 g/mol. The van der Waals surface area contributed by atoms with E-state index in [9.17, 15) is 30.7 Å². The number of nitrogens with one attached hydrogen (secondary N) is 1.